The van der Waals surface area contributed by atoms with Crippen LogP contribution in [0.15, 0.2) is 41.5 Å². The predicted molar refractivity (Wildman–Crippen MR) is 120 cm³/mol. The normalized spacial score (nSPS) is 15.2. The molecule has 0 saturated carbocycles. The van der Waals surface area contributed by atoms with Crippen molar-refractivity contribution in [1.29, 1.82) is 0 Å². The second-order valence-corrected chi connectivity index (χ2v) is 7.38. The number of aryl methyl sites for hydroxylation is 1. The number of methoxy groups -OCH3 is 2. The van der Waals surface area contributed by atoms with E-state index < -0.39 is 0 Å². The van der Waals surface area contributed by atoms with Gasteiger partial charge in [-0.1, -0.05) is 6.07 Å². The van der Waals surface area contributed by atoms with Crippen molar-refractivity contribution in [2.24, 2.45) is 4.99 Å². The predicted octanol–water partition coefficient (Wildman–Crippen LogP) is 2.69. The molecule has 0 radical (unpaired) electrons. The number of hydrogen-bond acceptors (Lipinski definition) is 5. The molecule has 0 amide bonds. The maximum Gasteiger partial charge on any atom is 0.194 e. The zero-order chi connectivity index (χ0) is 21.3. The highest BCUT2D eigenvalue weighted by molar-refractivity contribution is 5.80. The van der Waals surface area contributed by atoms with E-state index in [1.165, 1.54) is 5.56 Å². The molecule has 1 aromatic heterocycles. The topological polar surface area (TPSA) is 62.2 Å². The number of piperazine rings is 1. The number of nitrogens with one attached hydrogen (secondary N) is 1. The first-order valence-corrected chi connectivity index (χ1v) is 10.5. The Balaban J connectivity index is 1.61. The van der Waals surface area contributed by atoms with E-state index in [2.05, 4.69) is 46.1 Å². The van der Waals surface area contributed by atoms with Crippen molar-refractivity contribution in [3.63, 3.8) is 0 Å². The van der Waals surface area contributed by atoms with Gasteiger partial charge in [-0.2, -0.15) is 0 Å². The quantitative estimate of drug-likeness (QED) is 0.558. The molecule has 1 N–H and O–H groups in total. The van der Waals surface area contributed by atoms with Crippen LogP contribution in [-0.4, -0.2) is 67.7 Å². The minimum atomic E-state index is 0.593. The Bertz CT molecular complexity index is 847. The average molecular weight is 412 g/mol. The molecule has 0 atom stereocenters. The van der Waals surface area contributed by atoms with E-state index in [1.54, 1.807) is 14.2 Å². The zero-order valence-electron chi connectivity index (χ0n) is 18.5. The summed E-state index contributed by atoms with van der Waals surface area (Å²) in [5.41, 5.74) is 3.35. The van der Waals surface area contributed by atoms with Crippen LogP contribution in [0.25, 0.3) is 0 Å². The number of pyridine rings is 1. The fourth-order valence-corrected chi connectivity index (χ4v) is 3.62. The fourth-order valence-electron chi connectivity index (χ4n) is 3.62. The summed E-state index contributed by atoms with van der Waals surface area (Å²) in [5.74, 6) is 2.72. The van der Waals surface area contributed by atoms with E-state index in [-0.39, 0.29) is 0 Å². The molecule has 1 aliphatic heterocycles. The van der Waals surface area contributed by atoms with Crippen molar-refractivity contribution in [3.8, 4) is 11.5 Å². The molecule has 7 nitrogen and oxygen atoms in total. The number of rotatable bonds is 7. The molecule has 30 heavy (non-hydrogen) atoms. The molecule has 1 aliphatic rings. The van der Waals surface area contributed by atoms with Crippen molar-refractivity contribution in [2.45, 2.75) is 26.9 Å². The minimum Gasteiger partial charge on any atom is -0.497 e. The van der Waals surface area contributed by atoms with Crippen LogP contribution in [0.3, 0.4) is 0 Å². The lowest BCUT2D eigenvalue weighted by molar-refractivity contribution is 0.171. The summed E-state index contributed by atoms with van der Waals surface area (Å²) in [4.78, 5) is 14.1. The third-order valence-corrected chi connectivity index (χ3v) is 5.38. The Kier molecular flexibility index (Phi) is 7.90. The maximum absolute atomic E-state index is 5.53. The molecule has 1 saturated heterocycles. The highest BCUT2D eigenvalue weighted by atomic mass is 16.5. The number of hydrogen-bond donors (Lipinski definition) is 1. The summed E-state index contributed by atoms with van der Waals surface area (Å²) in [6.07, 6.45) is 1.83. The van der Waals surface area contributed by atoms with Crippen LogP contribution in [0.4, 0.5) is 0 Å². The third kappa shape index (κ3) is 5.63. The Labute approximate surface area is 179 Å². The smallest absolute Gasteiger partial charge is 0.194 e. The van der Waals surface area contributed by atoms with Gasteiger partial charge in [-0.05, 0) is 43.7 Å². The van der Waals surface area contributed by atoms with Gasteiger partial charge in [0.15, 0.2) is 5.96 Å². The van der Waals surface area contributed by atoms with Crippen molar-refractivity contribution >= 4 is 5.96 Å². The van der Waals surface area contributed by atoms with Crippen molar-refractivity contribution in [1.82, 2.24) is 20.1 Å². The Morgan fingerprint density at radius 2 is 1.93 bits per heavy atom. The second-order valence-electron chi connectivity index (χ2n) is 7.38. The molecule has 3 rings (SSSR count). The number of aliphatic imine (C=N–C) groups is 1. The summed E-state index contributed by atoms with van der Waals surface area (Å²) in [5, 5.41) is 3.43. The van der Waals surface area contributed by atoms with Gasteiger partial charge in [-0.3, -0.25) is 9.88 Å². The van der Waals surface area contributed by atoms with E-state index in [1.807, 2.05) is 24.4 Å². The number of nitrogens with zero attached hydrogens (tertiary/aromatic N) is 4. The summed E-state index contributed by atoms with van der Waals surface area (Å²) < 4.78 is 10.9. The van der Waals surface area contributed by atoms with Gasteiger partial charge in [-0.25, -0.2) is 4.99 Å². The summed E-state index contributed by atoms with van der Waals surface area (Å²) in [7, 11) is 3.41. The van der Waals surface area contributed by atoms with E-state index in [0.29, 0.717) is 6.54 Å². The fraction of sp³-hybridized carbons (Fsp3) is 0.478. The number of guanidine groups is 1. The second kappa shape index (κ2) is 10.8. The van der Waals surface area contributed by atoms with Gasteiger partial charge in [0.2, 0.25) is 0 Å². The van der Waals surface area contributed by atoms with E-state index >= 15 is 0 Å². The Morgan fingerprint density at radius 3 is 2.60 bits per heavy atom. The first kappa shape index (κ1) is 21.9. The highest BCUT2D eigenvalue weighted by Gasteiger charge is 2.21. The molecule has 7 heteroatoms. The minimum absolute atomic E-state index is 0.593. The molecular formula is C23H33N5O2. The molecule has 0 unspecified atom stereocenters. The lowest BCUT2D eigenvalue weighted by Gasteiger charge is -2.36. The third-order valence-electron chi connectivity index (χ3n) is 5.38. The lowest BCUT2D eigenvalue weighted by Crippen LogP contribution is -2.52. The molecule has 0 bridgehead atoms. The van der Waals surface area contributed by atoms with Crippen LogP contribution in [0.1, 0.15) is 23.7 Å². The van der Waals surface area contributed by atoms with Crippen LogP contribution in [-0.2, 0) is 13.1 Å². The monoisotopic (exact) mass is 411 g/mol. The summed E-state index contributed by atoms with van der Waals surface area (Å²) >= 11 is 0. The van der Waals surface area contributed by atoms with Crippen LogP contribution < -0.4 is 14.8 Å². The van der Waals surface area contributed by atoms with Crippen molar-refractivity contribution in [3.05, 3.63) is 53.3 Å². The van der Waals surface area contributed by atoms with Gasteiger partial charge in [0, 0.05) is 51.0 Å². The van der Waals surface area contributed by atoms with Gasteiger partial charge in [0.1, 0.15) is 11.5 Å². The highest BCUT2D eigenvalue weighted by Crippen LogP contribution is 2.25. The van der Waals surface area contributed by atoms with Crippen LogP contribution in [0.2, 0.25) is 0 Å². The SMILES string of the molecule is CCNC(=NCc1ncccc1C)N1CCN(Cc2cc(OC)ccc2OC)CC1. The molecule has 1 fully saturated rings. The van der Waals surface area contributed by atoms with Crippen LogP contribution >= 0.6 is 0 Å². The molecule has 0 spiro atoms. The van der Waals surface area contributed by atoms with E-state index in [9.17, 15) is 0 Å². The largest absolute Gasteiger partial charge is 0.497 e. The maximum atomic E-state index is 5.53. The van der Waals surface area contributed by atoms with Gasteiger partial charge >= 0.3 is 0 Å². The van der Waals surface area contributed by atoms with Gasteiger partial charge in [-0.15, -0.1) is 0 Å². The number of benzene rings is 1. The van der Waals surface area contributed by atoms with Crippen molar-refractivity contribution < 1.29 is 9.47 Å². The molecular weight excluding hydrogens is 378 g/mol. The van der Waals surface area contributed by atoms with Crippen LogP contribution in [0, 0.1) is 6.92 Å². The molecule has 2 aromatic rings. The number of ether oxygens (including phenoxy) is 2. The first-order chi connectivity index (χ1) is 14.6. The summed E-state index contributed by atoms with van der Waals surface area (Å²) in [6, 6.07) is 10.0. The van der Waals surface area contributed by atoms with Gasteiger partial charge in [0.25, 0.3) is 0 Å². The molecule has 0 aliphatic carbocycles. The molecule has 2 heterocycles. The van der Waals surface area contributed by atoms with Crippen LogP contribution in [0.5, 0.6) is 11.5 Å². The van der Waals surface area contributed by atoms with E-state index in [0.717, 1.165) is 68.0 Å². The zero-order valence-corrected chi connectivity index (χ0v) is 18.5. The summed E-state index contributed by atoms with van der Waals surface area (Å²) in [6.45, 7) is 10.3. The standard InChI is InChI=1S/C23H33N5O2/c1-5-24-23(26-16-21-18(2)7-6-10-25-21)28-13-11-27(12-14-28)17-19-15-20(29-3)8-9-22(19)30-4/h6-10,15H,5,11-14,16-17H2,1-4H3,(H,24,26). The Hall–Kier alpha value is -2.80. The number of aromatic nitrogens is 1. The lowest BCUT2D eigenvalue weighted by atomic mass is 10.1. The average Bonchev–Trinajstić information content (AvgIpc) is 2.78. The van der Waals surface area contributed by atoms with Gasteiger partial charge in [0.05, 0.1) is 26.5 Å². The van der Waals surface area contributed by atoms with Gasteiger partial charge < -0.3 is 19.7 Å². The van der Waals surface area contributed by atoms with Crippen molar-refractivity contribution in [2.75, 3.05) is 46.9 Å². The first-order valence-electron chi connectivity index (χ1n) is 10.5. The van der Waals surface area contributed by atoms with E-state index in [4.69, 9.17) is 14.5 Å². The Morgan fingerprint density at radius 1 is 1.13 bits per heavy atom. The molecule has 162 valence electrons. The molecule has 1 aromatic carbocycles.